The number of ether oxygens (including phenoxy) is 1. The lowest BCUT2D eigenvalue weighted by atomic mass is 9.87. The third-order valence-corrected chi connectivity index (χ3v) is 6.26. The summed E-state index contributed by atoms with van der Waals surface area (Å²) in [6, 6.07) is 16.6. The number of amides is 2. The predicted molar refractivity (Wildman–Crippen MR) is 138 cm³/mol. The lowest BCUT2D eigenvalue weighted by molar-refractivity contribution is -0.118. The number of furan rings is 1. The van der Waals surface area contributed by atoms with Crippen LogP contribution in [-0.4, -0.2) is 49.5 Å². The van der Waals surface area contributed by atoms with E-state index < -0.39 is 0 Å². The van der Waals surface area contributed by atoms with E-state index in [0.29, 0.717) is 48.4 Å². The van der Waals surface area contributed by atoms with Crippen LogP contribution in [0.4, 0.5) is 11.4 Å². The highest BCUT2D eigenvalue weighted by atomic mass is 35.5. The number of piperazine rings is 1. The molecule has 2 aromatic carbocycles. The van der Waals surface area contributed by atoms with E-state index in [2.05, 4.69) is 31.0 Å². The van der Waals surface area contributed by atoms with Gasteiger partial charge in [-0.25, -0.2) is 0 Å². The number of rotatable bonds is 6. The van der Waals surface area contributed by atoms with E-state index in [0.717, 1.165) is 5.69 Å². The Hall–Kier alpha value is -3.45. The van der Waals surface area contributed by atoms with Gasteiger partial charge in [-0.15, -0.1) is 0 Å². The van der Waals surface area contributed by atoms with Crippen LogP contribution in [0.5, 0.6) is 5.75 Å². The van der Waals surface area contributed by atoms with Gasteiger partial charge in [-0.1, -0.05) is 44.5 Å². The fourth-order valence-electron chi connectivity index (χ4n) is 3.94. The molecule has 184 valence electrons. The Labute approximate surface area is 210 Å². The molecule has 2 amide bonds. The van der Waals surface area contributed by atoms with E-state index in [-0.39, 0.29) is 23.8 Å². The summed E-state index contributed by atoms with van der Waals surface area (Å²) in [7, 11) is 0. The summed E-state index contributed by atoms with van der Waals surface area (Å²) in [6.45, 7) is 8.80. The lowest BCUT2D eigenvalue weighted by Gasteiger charge is -2.36. The second-order valence-electron chi connectivity index (χ2n) is 9.53. The molecule has 3 aromatic rings. The van der Waals surface area contributed by atoms with Gasteiger partial charge in [0.05, 0.1) is 17.0 Å². The molecule has 0 atom stereocenters. The third-order valence-electron chi connectivity index (χ3n) is 5.96. The Kier molecular flexibility index (Phi) is 7.36. The summed E-state index contributed by atoms with van der Waals surface area (Å²) in [5.74, 6) is 0.624. The maximum Gasteiger partial charge on any atom is 0.289 e. The van der Waals surface area contributed by atoms with Gasteiger partial charge in [-0.05, 0) is 53.4 Å². The zero-order valence-electron chi connectivity index (χ0n) is 20.2. The Morgan fingerprint density at radius 3 is 2.34 bits per heavy atom. The Bertz CT molecular complexity index is 1160. The van der Waals surface area contributed by atoms with Crippen molar-refractivity contribution in [2.45, 2.75) is 26.2 Å². The molecule has 1 fully saturated rings. The Balaban J connectivity index is 1.28. The highest BCUT2D eigenvalue weighted by Gasteiger charge is 2.24. The van der Waals surface area contributed by atoms with Gasteiger partial charge in [-0.2, -0.15) is 0 Å². The summed E-state index contributed by atoms with van der Waals surface area (Å²) < 4.78 is 10.8. The van der Waals surface area contributed by atoms with E-state index in [4.69, 9.17) is 20.8 Å². The van der Waals surface area contributed by atoms with Gasteiger partial charge in [0, 0.05) is 31.9 Å². The first kappa shape index (κ1) is 24.7. The molecule has 0 bridgehead atoms. The van der Waals surface area contributed by atoms with Gasteiger partial charge in [0.2, 0.25) is 0 Å². The Morgan fingerprint density at radius 2 is 1.74 bits per heavy atom. The van der Waals surface area contributed by atoms with Crippen LogP contribution >= 0.6 is 11.6 Å². The molecule has 7 nitrogen and oxygen atoms in total. The van der Waals surface area contributed by atoms with Gasteiger partial charge in [0.15, 0.2) is 12.4 Å². The van der Waals surface area contributed by atoms with Crippen molar-refractivity contribution in [1.82, 2.24) is 4.90 Å². The number of carbonyl (C=O) groups is 2. The largest absolute Gasteiger partial charge is 0.484 e. The molecule has 0 aliphatic carbocycles. The van der Waals surface area contributed by atoms with Crippen LogP contribution in [0.25, 0.3) is 0 Å². The molecular weight excluding hydrogens is 466 g/mol. The standard InChI is InChI=1S/C27H30ClN3O4/c1-27(2,3)19-6-9-21(10-7-19)35-18-25(32)29-20-8-11-23(22(28)17-20)30-12-14-31(15-13-30)26(33)24-5-4-16-34-24/h4-11,16-17H,12-15,18H2,1-3H3,(H,29,32). The first-order chi connectivity index (χ1) is 16.7. The van der Waals surface area contributed by atoms with Crippen molar-refractivity contribution >= 4 is 34.8 Å². The molecule has 1 aliphatic heterocycles. The number of nitrogens with one attached hydrogen (secondary N) is 1. The van der Waals surface area contributed by atoms with Crippen molar-refractivity contribution in [3.8, 4) is 5.75 Å². The molecule has 0 radical (unpaired) electrons. The molecule has 0 saturated carbocycles. The van der Waals surface area contributed by atoms with Crippen LogP contribution in [0, 0.1) is 0 Å². The molecule has 1 aromatic heterocycles. The maximum atomic E-state index is 12.5. The number of hydrogen-bond acceptors (Lipinski definition) is 5. The minimum atomic E-state index is -0.265. The smallest absolute Gasteiger partial charge is 0.289 e. The molecule has 1 saturated heterocycles. The summed E-state index contributed by atoms with van der Waals surface area (Å²) in [4.78, 5) is 28.7. The third kappa shape index (κ3) is 6.17. The van der Waals surface area contributed by atoms with Crippen molar-refractivity contribution in [1.29, 1.82) is 0 Å². The predicted octanol–water partition coefficient (Wildman–Crippen LogP) is 5.21. The summed E-state index contributed by atoms with van der Waals surface area (Å²) in [5.41, 5.74) is 2.73. The number of nitrogens with zero attached hydrogens (tertiary/aromatic N) is 2. The van der Waals surface area contributed by atoms with E-state index in [1.807, 2.05) is 36.4 Å². The van der Waals surface area contributed by atoms with Crippen LogP contribution < -0.4 is 15.0 Å². The van der Waals surface area contributed by atoms with Crippen molar-refractivity contribution < 1.29 is 18.7 Å². The molecule has 0 spiro atoms. The van der Waals surface area contributed by atoms with Crippen LogP contribution in [-0.2, 0) is 10.2 Å². The summed E-state index contributed by atoms with van der Waals surface area (Å²) in [6.07, 6.45) is 1.50. The molecule has 1 aliphatic rings. The number of hydrogen-bond donors (Lipinski definition) is 1. The first-order valence-electron chi connectivity index (χ1n) is 11.6. The molecule has 8 heteroatoms. The normalized spacial score (nSPS) is 14.1. The van der Waals surface area contributed by atoms with Crippen molar-refractivity contribution in [2.75, 3.05) is 43.0 Å². The SMILES string of the molecule is CC(C)(C)c1ccc(OCC(=O)Nc2ccc(N3CCN(C(=O)c4ccco4)CC3)c(Cl)c2)cc1. The fourth-order valence-corrected chi connectivity index (χ4v) is 4.24. The minimum absolute atomic E-state index is 0.0618. The minimum Gasteiger partial charge on any atom is -0.484 e. The van der Waals surface area contributed by atoms with Gasteiger partial charge in [-0.3, -0.25) is 9.59 Å². The first-order valence-corrected chi connectivity index (χ1v) is 12.0. The van der Waals surface area contributed by atoms with Crippen LogP contribution in [0.3, 0.4) is 0 Å². The number of anilines is 2. The van der Waals surface area contributed by atoms with E-state index >= 15 is 0 Å². The van der Waals surface area contributed by atoms with Crippen molar-refractivity contribution in [2.24, 2.45) is 0 Å². The van der Waals surface area contributed by atoms with E-state index in [9.17, 15) is 9.59 Å². The second-order valence-corrected chi connectivity index (χ2v) is 9.94. The summed E-state index contributed by atoms with van der Waals surface area (Å²) in [5, 5.41) is 3.36. The zero-order chi connectivity index (χ0) is 25.0. The molecule has 2 heterocycles. The quantitative estimate of drug-likeness (QED) is 0.508. The van der Waals surface area contributed by atoms with Gasteiger partial charge in [0.1, 0.15) is 5.75 Å². The van der Waals surface area contributed by atoms with Crippen LogP contribution in [0.2, 0.25) is 5.02 Å². The fraction of sp³-hybridized carbons (Fsp3) is 0.333. The lowest BCUT2D eigenvalue weighted by Crippen LogP contribution is -2.48. The van der Waals surface area contributed by atoms with Gasteiger partial charge in [0.25, 0.3) is 11.8 Å². The van der Waals surface area contributed by atoms with Crippen molar-refractivity contribution in [3.63, 3.8) is 0 Å². The van der Waals surface area contributed by atoms with Gasteiger partial charge < -0.3 is 24.3 Å². The topological polar surface area (TPSA) is 75.0 Å². The monoisotopic (exact) mass is 495 g/mol. The highest BCUT2D eigenvalue weighted by molar-refractivity contribution is 6.33. The van der Waals surface area contributed by atoms with E-state index in [1.54, 1.807) is 23.1 Å². The maximum absolute atomic E-state index is 12.5. The molecule has 0 unspecified atom stereocenters. The highest BCUT2D eigenvalue weighted by Crippen LogP contribution is 2.30. The molecule has 1 N–H and O–H groups in total. The molecule has 35 heavy (non-hydrogen) atoms. The second kappa shape index (κ2) is 10.4. The Morgan fingerprint density at radius 1 is 1.03 bits per heavy atom. The molecule has 4 rings (SSSR count). The number of carbonyl (C=O) groups excluding carboxylic acids is 2. The molecular formula is C27H30ClN3O4. The van der Waals surface area contributed by atoms with Gasteiger partial charge >= 0.3 is 0 Å². The van der Waals surface area contributed by atoms with E-state index in [1.165, 1.54) is 11.8 Å². The average Bonchev–Trinajstić information content (AvgIpc) is 3.37. The average molecular weight is 496 g/mol. The van der Waals surface area contributed by atoms with Crippen LogP contribution in [0.1, 0.15) is 36.9 Å². The number of halogens is 1. The van der Waals surface area contributed by atoms with Crippen LogP contribution in [0.15, 0.2) is 65.3 Å². The number of benzene rings is 2. The zero-order valence-corrected chi connectivity index (χ0v) is 21.0. The van der Waals surface area contributed by atoms with Crippen molar-refractivity contribution in [3.05, 3.63) is 77.2 Å². The summed E-state index contributed by atoms with van der Waals surface area (Å²) >= 11 is 6.53.